The molecule has 0 saturated carbocycles. The van der Waals surface area contributed by atoms with E-state index < -0.39 is 0 Å². The number of fused-ring (bicyclic) bond motifs is 1. The summed E-state index contributed by atoms with van der Waals surface area (Å²) in [6, 6.07) is 0.384. The van der Waals surface area contributed by atoms with Gasteiger partial charge in [0.1, 0.15) is 0 Å². The zero-order valence-corrected chi connectivity index (χ0v) is 12.5. The number of nitrogens with zero attached hydrogens (tertiary/aromatic N) is 3. The van der Waals surface area contributed by atoms with E-state index in [1.807, 2.05) is 0 Å². The van der Waals surface area contributed by atoms with Crippen LogP contribution in [0.5, 0.6) is 0 Å². The summed E-state index contributed by atoms with van der Waals surface area (Å²) in [6.45, 7) is 2.48. The van der Waals surface area contributed by atoms with Gasteiger partial charge in [0.25, 0.3) is 0 Å². The lowest BCUT2D eigenvalue weighted by molar-refractivity contribution is -0.141. The van der Waals surface area contributed by atoms with Crippen LogP contribution in [-0.2, 0) is 9.53 Å². The van der Waals surface area contributed by atoms with Gasteiger partial charge in [-0.1, -0.05) is 0 Å². The van der Waals surface area contributed by atoms with E-state index in [1.54, 1.807) is 0 Å². The van der Waals surface area contributed by atoms with Crippen molar-refractivity contribution >= 4 is 5.91 Å². The molecule has 3 aliphatic heterocycles. The van der Waals surface area contributed by atoms with Crippen LogP contribution in [0.3, 0.4) is 0 Å². The minimum atomic E-state index is -0.340. The predicted molar refractivity (Wildman–Crippen MR) is 78.5 cm³/mol. The highest BCUT2D eigenvalue weighted by molar-refractivity contribution is 5.76. The molecule has 0 radical (unpaired) electrons. The maximum atomic E-state index is 12.6. The van der Waals surface area contributed by atoms with Crippen LogP contribution in [0.2, 0.25) is 0 Å². The summed E-state index contributed by atoms with van der Waals surface area (Å²) in [6.07, 6.45) is 11.2. The standard InChI is InChI=1S/C16H23N3O2/c1-2-3-8-16(17-18-16)9-6-15(20)19-10-4-5-13-12-21-11-7-14(13)19/h1,13-14H,3-12H2. The molecule has 3 rings (SSSR count). The number of carbonyl (C=O) groups is 1. The Hall–Kier alpha value is -1.41. The van der Waals surface area contributed by atoms with Gasteiger partial charge < -0.3 is 9.64 Å². The van der Waals surface area contributed by atoms with Crippen LogP contribution in [0, 0.1) is 18.3 Å². The Labute approximate surface area is 126 Å². The molecule has 3 heterocycles. The van der Waals surface area contributed by atoms with Gasteiger partial charge in [0, 0.05) is 50.8 Å². The van der Waals surface area contributed by atoms with E-state index in [-0.39, 0.29) is 11.6 Å². The van der Waals surface area contributed by atoms with Gasteiger partial charge in [-0.25, -0.2) is 0 Å². The Kier molecular flexibility index (Phi) is 4.25. The van der Waals surface area contributed by atoms with Crippen molar-refractivity contribution in [2.75, 3.05) is 19.8 Å². The number of piperidine rings is 1. The number of hydrogen-bond acceptors (Lipinski definition) is 4. The molecule has 5 nitrogen and oxygen atoms in total. The summed E-state index contributed by atoms with van der Waals surface area (Å²) in [5.74, 6) is 3.41. The van der Waals surface area contributed by atoms with Gasteiger partial charge >= 0.3 is 0 Å². The molecule has 21 heavy (non-hydrogen) atoms. The second-order valence-corrected chi connectivity index (χ2v) is 6.31. The van der Waals surface area contributed by atoms with Crippen LogP contribution in [0.4, 0.5) is 0 Å². The number of rotatable bonds is 5. The molecule has 0 spiro atoms. The molecule has 5 heteroatoms. The van der Waals surface area contributed by atoms with Crippen molar-refractivity contribution in [1.82, 2.24) is 4.90 Å². The smallest absolute Gasteiger partial charge is 0.222 e. The molecule has 0 aromatic heterocycles. The van der Waals surface area contributed by atoms with Crippen molar-refractivity contribution < 1.29 is 9.53 Å². The maximum absolute atomic E-state index is 12.6. The fourth-order valence-electron chi connectivity index (χ4n) is 3.59. The molecule has 1 amide bonds. The summed E-state index contributed by atoms with van der Waals surface area (Å²) in [4.78, 5) is 14.7. The maximum Gasteiger partial charge on any atom is 0.222 e. The van der Waals surface area contributed by atoms with Gasteiger partial charge in [-0.15, -0.1) is 12.3 Å². The molecular formula is C16H23N3O2. The molecule has 0 bridgehead atoms. The molecule has 0 aromatic carbocycles. The van der Waals surface area contributed by atoms with E-state index in [0.29, 0.717) is 31.2 Å². The zero-order chi connectivity index (χ0) is 14.7. The monoisotopic (exact) mass is 289 g/mol. The summed E-state index contributed by atoms with van der Waals surface area (Å²) in [5.41, 5.74) is -0.340. The van der Waals surface area contributed by atoms with Crippen LogP contribution >= 0.6 is 0 Å². The molecule has 2 fully saturated rings. The van der Waals surface area contributed by atoms with Crippen molar-refractivity contribution in [3.8, 4) is 12.3 Å². The number of amides is 1. The second kappa shape index (κ2) is 6.15. The number of terminal acetylenes is 1. The van der Waals surface area contributed by atoms with E-state index in [2.05, 4.69) is 21.0 Å². The van der Waals surface area contributed by atoms with Gasteiger partial charge in [0.15, 0.2) is 5.66 Å². The molecule has 114 valence electrons. The molecule has 0 aromatic rings. The number of likely N-dealkylation sites (tertiary alicyclic amines) is 1. The van der Waals surface area contributed by atoms with Crippen molar-refractivity contribution in [3.05, 3.63) is 0 Å². The highest BCUT2D eigenvalue weighted by Gasteiger charge is 2.41. The largest absolute Gasteiger partial charge is 0.381 e. The van der Waals surface area contributed by atoms with Gasteiger partial charge in [-0.05, 0) is 19.3 Å². The Morgan fingerprint density at radius 1 is 1.38 bits per heavy atom. The highest BCUT2D eigenvalue weighted by atomic mass is 16.5. The van der Waals surface area contributed by atoms with Crippen molar-refractivity contribution in [1.29, 1.82) is 0 Å². The Bertz CT molecular complexity index is 461. The Balaban J connectivity index is 1.51. The molecule has 2 unspecified atom stereocenters. The average molecular weight is 289 g/mol. The van der Waals surface area contributed by atoms with Crippen molar-refractivity contribution in [2.45, 2.75) is 56.7 Å². The molecule has 3 aliphatic rings. The number of ether oxygens (including phenoxy) is 1. The van der Waals surface area contributed by atoms with Crippen LogP contribution < -0.4 is 0 Å². The quantitative estimate of drug-likeness (QED) is 0.730. The van der Waals surface area contributed by atoms with Gasteiger partial charge in [-0.2, -0.15) is 10.2 Å². The average Bonchev–Trinajstić information content (AvgIpc) is 3.30. The first-order valence-electron chi connectivity index (χ1n) is 7.99. The summed E-state index contributed by atoms with van der Waals surface area (Å²) in [7, 11) is 0. The van der Waals surface area contributed by atoms with Gasteiger partial charge in [-0.3, -0.25) is 4.79 Å². The molecule has 2 saturated heterocycles. The number of hydrogen-bond donors (Lipinski definition) is 0. The van der Waals surface area contributed by atoms with E-state index >= 15 is 0 Å². The van der Waals surface area contributed by atoms with E-state index in [9.17, 15) is 4.79 Å². The minimum absolute atomic E-state index is 0.254. The third-order valence-electron chi connectivity index (χ3n) is 4.92. The lowest BCUT2D eigenvalue weighted by Crippen LogP contribution is -2.52. The van der Waals surface area contributed by atoms with Crippen LogP contribution in [0.25, 0.3) is 0 Å². The van der Waals surface area contributed by atoms with Crippen LogP contribution in [0.15, 0.2) is 10.2 Å². The second-order valence-electron chi connectivity index (χ2n) is 6.31. The zero-order valence-electron chi connectivity index (χ0n) is 12.5. The summed E-state index contributed by atoms with van der Waals surface area (Å²) in [5, 5.41) is 8.22. The third kappa shape index (κ3) is 3.26. The SMILES string of the molecule is C#CCCC1(CCC(=O)N2CCCC3COCCC32)N=N1. The van der Waals surface area contributed by atoms with Crippen molar-refractivity contribution in [3.63, 3.8) is 0 Å². The first-order valence-corrected chi connectivity index (χ1v) is 7.99. The predicted octanol–water partition coefficient (Wildman–Crippen LogP) is 2.37. The highest BCUT2D eigenvalue weighted by Crippen LogP contribution is 2.38. The minimum Gasteiger partial charge on any atom is -0.381 e. The first kappa shape index (κ1) is 14.5. The topological polar surface area (TPSA) is 54.3 Å². The fourth-order valence-corrected chi connectivity index (χ4v) is 3.59. The van der Waals surface area contributed by atoms with E-state index in [0.717, 1.165) is 39.0 Å². The van der Waals surface area contributed by atoms with Gasteiger partial charge in [0.2, 0.25) is 5.91 Å². The first-order chi connectivity index (χ1) is 10.2. The Morgan fingerprint density at radius 3 is 3.00 bits per heavy atom. The van der Waals surface area contributed by atoms with Crippen LogP contribution in [-0.4, -0.2) is 42.3 Å². The molecule has 2 atom stereocenters. The third-order valence-corrected chi connectivity index (χ3v) is 4.92. The molecular weight excluding hydrogens is 266 g/mol. The van der Waals surface area contributed by atoms with Gasteiger partial charge in [0.05, 0.1) is 6.61 Å². The fraction of sp³-hybridized carbons (Fsp3) is 0.812. The van der Waals surface area contributed by atoms with Crippen LogP contribution in [0.1, 0.15) is 44.9 Å². The molecule has 0 N–H and O–H groups in total. The normalized spacial score (nSPS) is 29.6. The lowest BCUT2D eigenvalue weighted by atomic mass is 9.86. The number of carbonyl (C=O) groups excluding carboxylic acids is 1. The van der Waals surface area contributed by atoms with E-state index in [1.165, 1.54) is 6.42 Å². The van der Waals surface area contributed by atoms with E-state index in [4.69, 9.17) is 11.2 Å². The summed E-state index contributed by atoms with van der Waals surface area (Å²) < 4.78 is 5.55. The molecule has 0 aliphatic carbocycles. The summed E-state index contributed by atoms with van der Waals surface area (Å²) >= 11 is 0. The lowest BCUT2D eigenvalue weighted by Gasteiger charge is -2.44. The Morgan fingerprint density at radius 2 is 2.24 bits per heavy atom. The van der Waals surface area contributed by atoms with Crippen molar-refractivity contribution in [2.24, 2.45) is 16.1 Å².